The Morgan fingerprint density at radius 3 is 2.45 bits per heavy atom. The van der Waals surface area contributed by atoms with Gasteiger partial charge in [-0.15, -0.1) is 12.3 Å². The number of hydrogen-bond donors (Lipinski definition) is 2. The summed E-state index contributed by atoms with van der Waals surface area (Å²) in [5, 5.41) is 2.08. The smallest absolute Gasteiger partial charge is 0.387 e. The third-order valence-corrected chi connectivity index (χ3v) is 2.71. The molecule has 1 atom stereocenters. The molecule has 0 aliphatic rings. The lowest BCUT2D eigenvalue weighted by Crippen LogP contribution is -2.35. The van der Waals surface area contributed by atoms with Gasteiger partial charge >= 0.3 is 6.61 Å². The number of nitrogens with two attached hydrogens (primary N) is 1. The summed E-state index contributed by atoms with van der Waals surface area (Å²) in [6, 6.07) is 1.53. The molecule has 1 unspecified atom stereocenters. The second-order valence-corrected chi connectivity index (χ2v) is 4.47. The summed E-state index contributed by atoms with van der Waals surface area (Å²) in [4.78, 5) is 11.6. The molecule has 0 saturated heterocycles. The fourth-order valence-electron chi connectivity index (χ4n) is 1.29. The highest BCUT2D eigenvalue weighted by molar-refractivity contribution is 6.37. The fourth-order valence-corrected chi connectivity index (χ4v) is 1.86. The Hall–Kier alpha value is -1.55. The molecule has 0 bridgehead atoms. The van der Waals surface area contributed by atoms with Crippen LogP contribution < -0.4 is 15.8 Å². The minimum Gasteiger partial charge on any atom is -0.432 e. The molecule has 3 N–H and O–H groups in total. The molecular weight excluding hydrogens is 313 g/mol. The number of amides is 1. The lowest BCUT2D eigenvalue weighted by molar-refractivity contribution is -0.117. The number of rotatable bonds is 5. The maximum Gasteiger partial charge on any atom is 0.387 e. The van der Waals surface area contributed by atoms with E-state index in [0.29, 0.717) is 0 Å². The lowest BCUT2D eigenvalue weighted by atomic mass is 10.2. The molecular formula is C12H10Cl2F2N2O2. The van der Waals surface area contributed by atoms with Crippen LogP contribution in [-0.2, 0) is 4.79 Å². The first kappa shape index (κ1) is 16.5. The number of anilines is 1. The van der Waals surface area contributed by atoms with Gasteiger partial charge in [0.2, 0.25) is 5.91 Å². The van der Waals surface area contributed by atoms with Crippen molar-refractivity contribution in [3.8, 4) is 18.1 Å². The Bertz CT molecular complexity index is 524. The van der Waals surface area contributed by atoms with E-state index in [1.54, 1.807) is 0 Å². The summed E-state index contributed by atoms with van der Waals surface area (Å²) in [5.74, 6) is 1.34. The summed E-state index contributed by atoms with van der Waals surface area (Å²) in [6.45, 7) is -3.06. The molecule has 1 amide bonds. The molecule has 0 aliphatic carbocycles. The number of nitrogens with one attached hydrogen (secondary N) is 1. The lowest BCUT2D eigenvalue weighted by Gasteiger charge is -2.13. The van der Waals surface area contributed by atoms with Gasteiger partial charge in [0.1, 0.15) is 0 Å². The molecule has 1 aromatic carbocycles. The highest BCUT2D eigenvalue weighted by Crippen LogP contribution is 2.36. The van der Waals surface area contributed by atoms with E-state index < -0.39 is 18.6 Å². The molecule has 0 saturated carbocycles. The molecule has 1 rings (SSSR count). The van der Waals surface area contributed by atoms with Crippen molar-refractivity contribution in [2.45, 2.75) is 19.1 Å². The zero-order chi connectivity index (χ0) is 15.3. The third kappa shape index (κ3) is 4.53. The van der Waals surface area contributed by atoms with Gasteiger partial charge < -0.3 is 15.8 Å². The zero-order valence-corrected chi connectivity index (χ0v) is 11.5. The van der Waals surface area contributed by atoms with Crippen molar-refractivity contribution in [3.63, 3.8) is 0 Å². The molecule has 0 heterocycles. The average molecular weight is 323 g/mol. The summed E-state index contributed by atoms with van der Waals surface area (Å²) < 4.78 is 28.4. The van der Waals surface area contributed by atoms with Crippen LogP contribution in [0.3, 0.4) is 0 Å². The first-order valence-electron chi connectivity index (χ1n) is 5.29. The van der Waals surface area contributed by atoms with Crippen LogP contribution in [-0.4, -0.2) is 18.6 Å². The van der Waals surface area contributed by atoms with Crippen molar-refractivity contribution in [1.29, 1.82) is 0 Å². The van der Waals surface area contributed by atoms with Gasteiger partial charge in [-0.2, -0.15) is 8.78 Å². The maximum absolute atomic E-state index is 12.1. The van der Waals surface area contributed by atoms with Gasteiger partial charge in [0.25, 0.3) is 0 Å². The van der Waals surface area contributed by atoms with Crippen molar-refractivity contribution in [3.05, 3.63) is 22.2 Å². The van der Waals surface area contributed by atoms with Crippen LogP contribution in [0.5, 0.6) is 5.75 Å². The van der Waals surface area contributed by atoms with E-state index >= 15 is 0 Å². The molecule has 0 aromatic heterocycles. The number of carbonyl (C=O) groups is 1. The minimum atomic E-state index is -3.06. The van der Waals surface area contributed by atoms with Gasteiger partial charge in [-0.1, -0.05) is 23.2 Å². The standard InChI is InChI=1S/C12H10Cl2F2N2O2/c1-2-3-9(17)11(19)18-6-4-7(13)10(8(14)5-6)20-12(15)16/h1,4-5,9,12H,3,17H2,(H,18,19). The molecule has 0 spiro atoms. The van der Waals surface area contributed by atoms with Crippen LogP contribution in [0.4, 0.5) is 14.5 Å². The predicted molar refractivity (Wildman–Crippen MR) is 73.1 cm³/mol. The normalized spacial score (nSPS) is 11.8. The zero-order valence-electron chi connectivity index (χ0n) is 10.00. The Morgan fingerprint density at radius 2 is 2.00 bits per heavy atom. The molecule has 0 fully saturated rings. The first-order valence-corrected chi connectivity index (χ1v) is 6.04. The van der Waals surface area contributed by atoms with Crippen LogP contribution in [0.1, 0.15) is 6.42 Å². The monoisotopic (exact) mass is 322 g/mol. The Morgan fingerprint density at radius 1 is 1.45 bits per heavy atom. The second kappa shape index (κ2) is 7.29. The minimum absolute atomic E-state index is 0.0554. The number of benzene rings is 1. The number of alkyl halides is 2. The largest absolute Gasteiger partial charge is 0.432 e. The van der Waals surface area contributed by atoms with E-state index in [0.717, 1.165) is 0 Å². The SMILES string of the molecule is C#CCC(N)C(=O)Nc1cc(Cl)c(OC(F)F)c(Cl)c1. The van der Waals surface area contributed by atoms with Crippen molar-refractivity contribution in [1.82, 2.24) is 0 Å². The molecule has 20 heavy (non-hydrogen) atoms. The Labute approximate surface area is 124 Å². The number of halogens is 4. The Kier molecular flexibility index (Phi) is 6.02. The maximum atomic E-state index is 12.1. The molecule has 8 heteroatoms. The Balaban J connectivity index is 2.89. The van der Waals surface area contributed by atoms with Crippen molar-refractivity contribution in [2.75, 3.05) is 5.32 Å². The van der Waals surface area contributed by atoms with Gasteiger partial charge in [0.05, 0.1) is 16.1 Å². The summed E-state index contributed by atoms with van der Waals surface area (Å²) in [5.41, 5.74) is 5.70. The first-order chi connectivity index (χ1) is 9.35. The number of terminal acetylenes is 1. The summed E-state index contributed by atoms with van der Waals surface area (Å²) in [6.07, 6.45) is 5.09. The van der Waals surface area contributed by atoms with Gasteiger partial charge in [0, 0.05) is 12.1 Å². The van der Waals surface area contributed by atoms with Gasteiger partial charge in [-0.3, -0.25) is 4.79 Å². The highest BCUT2D eigenvalue weighted by atomic mass is 35.5. The van der Waals surface area contributed by atoms with Crippen LogP contribution in [0.2, 0.25) is 10.0 Å². The van der Waals surface area contributed by atoms with E-state index in [9.17, 15) is 13.6 Å². The molecule has 1 aromatic rings. The fraction of sp³-hybridized carbons (Fsp3) is 0.250. The van der Waals surface area contributed by atoms with E-state index in [1.807, 2.05) is 0 Å². The van der Waals surface area contributed by atoms with Crippen LogP contribution in [0.25, 0.3) is 0 Å². The third-order valence-electron chi connectivity index (χ3n) is 2.15. The molecule has 4 nitrogen and oxygen atoms in total. The number of hydrogen-bond acceptors (Lipinski definition) is 3. The average Bonchev–Trinajstić information content (AvgIpc) is 2.34. The van der Waals surface area contributed by atoms with E-state index in [2.05, 4.69) is 16.0 Å². The topological polar surface area (TPSA) is 64.4 Å². The van der Waals surface area contributed by atoms with Crippen LogP contribution in [0.15, 0.2) is 12.1 Å². The number of carbonyl (C=O) groups excluding carboxylic acids is 1. The van der Waals surface area contributed by atoms with Crippen LogP contribution in [0, 0.1) is 12.3 Å². The molecule has 0 radical (unpaired) electrons. The van der Waals surface area contributed by atoms with Gasteiger partial charge in [0.15, 0.2) is 5.75 Å². The quantitative estimate of drug-likeness (QED) is 0.819. The summed E-state index contributed by atoms with van der Waals surface area (Å²) in [7, 11) is 0. The number of ether oxygens (including phenoxy) is 1. The predicted octanol–water partition coefficient (Wildman–Crippen LogP) is 2.88. The van der Waals surface area contributed by atoms with E-state index in [-0.39, 0.29) is 27.9 Å². The molecule has 108 valence electrons. The summed E-state index contributed by atoms with van der Waals surface area (Å²) >= 11 is 11.5. The van der Waals surface area contributed by atoms with E-state index in [4.69, 9.17) is 35.4 Å². The van der Waals surface area contributed by atoms with Crippen LogP contribution >= 0.6 is 23.2 Å². The second-order valence-electron chi connectivity index (χ2n) is 3.65. The van der Waals surface area contributed by atoms with Crippen molar-refractivity contribution >= 4 is 34.8 Å². The van der Waals surface area contributed by atoms with Crippen molar-refractivity contribution < 1.29 is 18.3 Å². The highest BCUT2D eigenvalue weighted by Gasteiger charge is 2.17. The van der Waals surface area contributed by atoms with E-state index in [1.165, 1.54) is 12.1 Å². The van der Waals surface area contributed by atoms with Crippen molar-refractivity contribution in [2.24, 2.45) is 5.73 Å². The van der Waals surface area contributed by atoms with Gasteiger partial charge in [-0.25, -0.2) is 0 Å². The molecule has 0 aliphatic heterocycles. The van der Waals surface area contributed by atoms with Gasteiger partial charge in [-0.05, 0) is 12.1 Å².